The molecule has 1 N–H and O–H groups in total. The minimum Gasteiger partial charge on any atom is -0.348 e. The van der Waals surface area contributed by atoms with Crippen molar-refractivity contribution in [2.75, 3.05) is 0 Å². The van der Waals surface area contributed by atoms with Crippen LogP contribution in [0.4, 0.5) is 0 Å². The predicted octanol–water partition coefficient (Wildman–Crippen LogP) is 6.46. The summed E-state index contributed by atoms with van der Waals surface area (Å²) in [6, 6.07) is 18.6. The van der Waals surface area contributed by atoms with Gasteiger partial charge in [-0.2, -0.15) is 0 Å². The fourth-order valence-electron chi connectivity index (χ4n) is 4.47. The highest BCUT2D eigenvalue weighted by Gasteiger charge is 2.19. The molecule has 0 unspecified atom stereocenters. The molecule has 3 heterocycles. The molecule has 0 bridgehead atoms. The first-order valence-electron chi connectivity index (χ1n) is 12.0. The van der Waals surface area contributed by atoms with Crippen LogP contribution in [0.2, 0.25) is 0 Å². The van der Waals surface area contributed by atoms with Crippen molar-refractivity contribution < 1.29 is 4.79 Å². The number of hydrogen-bond acceptors (Lipinski definition) is 3. The fraction of sp³-hybridized carbons (Fsp3) is 0.321. The molecule has 0 aliphatic heterocycles. The van der Waals surface area contributed by atoms with E-state index in [4.69, 9.17) is 4.98 Å². The number of fused-ring (bicyclic) bond motifs is 1. The summed E-state index contributed by atoms with van der Waals surface area (Å²) in [6.07, 6.45) is 9.44. The molecule has 170 valence electrons. The number of rotatable bonds is 4. The topological polar surface area (TPSA) is 59.3 Å². The lowest BCUT2D eigenvalue weighted by molar-refractivity contribution is 0.0922. The van der Waals surface area contributed by atoms with Crippen LogP contribution in [0.15, 0.2) is 67.0 Å². The van der Waals surface area contributed by atoms with Crippen LogP contribution >= 0.6 is 0 Å². The van der Waals surface area contributed by atoms with Crippen molar-refractivity contribution in [2.45, 2.75) is 58.9 Å². The van der Waals surface area contributed by atoms with Gasteiger partial charge >= 0.3 is 0 Å². The van der Waals surface area contributed by atoms with Crippen molar-refractivity contribution in [3.8, 4) is 22.4 Å². The molecule has 0 radical (unpaired) electrons. The van der Waals surface area contributed by atoms with Gasteiger partial charge in [-0.15, -0.1) is 0 Å². The molecule has 1 aromatic carbocycles. The van der Waals surface area contributed by atoms with E-state index in [-0.39, 0.29) is 11.9 Å². The first kappa shape index (κ1) is 22.7. The van der Waals surface area contributed by atoms with Crippen LogP contribution in [0.3, 0.4) is 0 Å². The van der Waals surface area contributed by atoms with Gasteiger partial charge in [-0.25, -0.2) is 4.98 Å². The summed E-state index contributed by atoms with van der Waals surface area (Å²) in [6.45, 7) is 6.00. The Labute approximate surface area is 195 Å². The van der Waals surface area contributed by atoms with Gasteiger partial charge in [0.05, 0.1) is 11.9 Å². The molecule has 3 aromatic heterocycles. The largest absolute Gasteiger partial charge is 0.348 e. The van der Waals surface area contributed by atoms with Gasteiger partial charge in [0, 0.05) is 23.5 Å². The minimum atomic E-state index is -0.0508. The summed E-state index contributed by atoms with van der Waals surface area (Å²) in [5.74, 6) is -0.0508. The lowest BCUT2D eigenvalue weighted by atomic mass is 9.95. The molecule has 5 nitrogen and oxygen atoms in total. The van der Waals surface area contributed by atoms with Crippen LogP contribution in [0.5, 0.6) is 0 Å². The van der Waals surface area contributed by atoms with E-state index in [1.54, 1.807) is 6.20 Å². The number of aryl methyl sites for hydroxylation is 1. The molecule has 1 aliphatic carbocycles. The molecular weight excluding hydrogens is 408 g/mol. The number of benzene rings is 1. The van der Waals surface area contributed by atoms with Crippen molar-refractivity contribution >= 4 is 11.6 Å². The second-order valence-electron chi connectivity index (χ2n) is 8.31. The predicted molar refractivity (Wildman–Crippen MR) is 134 cm³/mol. The Balaban J connectivity index is 0.00000126. The normalized spacial score (nSPS) is 13.9. The van der Waals surface area contributed by atoms with Crippen LogP contribution in [-0.4, -0.2) is 26.3 Å². The van der Waals surface area contributed by atoms with Gasteiger partial charge in [-0.3, -0.25) is 14.2 Å². The maximum atomic E-state index is 13.0. The van der Waals surface area contributed by atoms with Crippen molar-refractivity contribution in [1.82, 2.24) is 19.7 Å². The first-order valence-corrected chi connectivity index (χ1v) is 12.0. The number of aromatic nitrogens is 3. The van der Waals surface area contributed by atoms with Gasteiger partial charge in [0.15, 0.2) is 0 Å². The SMILES string of the molecule is CC.Cc1cccc(-c2ccccc2-c2ccc3ncc(C(=O)NC4CCCCC4)n3c2)n1. The number of hydrogen-bond donors (Lipinski definition) is 1. The second kappa shape index (κ2) is 10.4. The van der Waals surface area contributed by atoms with Gasteiger partial charge in [-0.05, 0) is 55.2 Å². The Hall–Kier alpha value is -3.47. The van der Waals surface area contributed by atoms with Gasteiger partial charge in [0.1, 0.15) is 11.3 Å². The van der Waals surface area contributed by atoms with Crippen molar-refractivity contribution in [2.24, 2.45) is 0 Å². The number of nitrogens with one attached hydrogen (secondary N) is 1. The summed E-state index contributed by atoms with van der Waals surface area (Å²) in [7, 11) is 0. The molecule has 1 aliphatic rings. The van der Waals surface area contributed by atoms with E-state index in [0.29, 0.717) is 5.69 Å². The molecular formula is C28H32N4O. The molecule has 0 spiro atoms. The van der Waals surface area contributed by atoms with Gasteiger partial charge < -0.3 is 5.32 Å². The lowest BCUT2D eigenvalue weighted by Crippen LogP contribution is -2.36. The van der Waals surface area contributed by atoms with Gasteiger partial charge in [0.2, 0.25) is 0 Å². The van der Waals surface area contributed by atoms with Crippen LogP contribution in [0.25, 0.3) is 28.0 Å². The zero-order valence-corrected chi connectivity index (χ0v) is 19.7. The molecule has 4 aromatic rings. The first-order chi connectivity index (χ1) is 16.2. The van der Waals surface area contributed by atoms with Crippen molar-refractivity contribution in [1.29, 1.82) is 0 Å². The third kappa shape index (κ3) is 4.98. The molecule has 1 amide bonds. The number of carbonyl (C=O) groups is 1. The molecule has 0 atom stereocenters. The maximum Gasteiger partial charge on any atom is 0.270 e. The van der Waals surface area contributed by atoms with Crippen LogP contribution in [-0.2, 0) is 0 Å². The van der Waals surface area contributed by atoms with Crippen LogP contribution in [0, 0.1) is 6.92 Å². The number of imidazole rings is 1. The number of amides is 1. The highest BCUT2D eigenvalue weighted by molar-refractivity contribution is 5.94. The van der Waals surface area contributed by atoms with E-state index in [1.807, 2.05) is 67.8 Å². The third-order valence-corrected chi connectivity index (χ3v) is 6.08. The Morgan fingerprint density at radius 1 is 0.939 bits per heavy atom. The Bertz CT molecular complexity index is 1240. The highest BCUT2D eigenvalue weighted by Crippen LogP contribution is 2.31. The molecule has 5 heteroatoms. The van der Waals surface area contributed by atoms with Crippen molar-refractivity contribution in [3.63, 3.8) is 0 Å². The summed E-state index contributed by atoms with van der Waals surface area (Å²) in [4.78, 5) is 22.1. The second-order valence-corrected chi connectivity index (χ2v) is 8.31. The van der Waals surface area contributed by atoms with Crippen molar-refractivity contribution in [3.05, 3.63) is 78.4 Å². The zero-order chi connectivity index (χ0) is 23.2. The van der Waals surface area contributed by atoms with E-state index in [2.05, 4.69) is 28.5 Å². The van der Waals surface area contributed by atoms with E-state index in [0.717, 1.165) is 46.6 Å². The van der Waals surface area contributed by atoms with Crippen LogP contribution in [0.1, 0.15) is 62.1 Å². The summed E-state index contributed by atoms with van der Waals surface area (Å²) < 4.78 is 1.90. The molecule has 1 fully saturated rings. The maximum absolute atomic E-state index is 13.0. The number of pyridine rings is 2. The smallest absolute Gasteiger partial charge is 0.270 e. The molecule has 33 heavy (non-hydrogen) atoms. The minimum absolute atomic E-state index is 0.0508. The van der Waals surface area contributed by atoms with Gasteiger partial charge in [0.25, 0.3) is 5.91 Å². The Morgan fingerprint density at radius 2 is 1.70 bits per heavy atom. The van der Waals surface area contributed by atoms with Crippen LogP contribution < -0.4 is 5.32 Å². The summed E-state index contributed by atoms with van der Waals surface area (Å²) in [5, 5.41) is 3.21. The average Bonchev–Trinajstić information content (AvgIpc) is 3.29. The molecule has 5 rings (SSSR count). The molecule has 1 saturated carbocycles. The van der Waals surface area contributed by atoms with E-state index >= 15 is 0 Å². The lowest BCUT2D eigenvalue weighted by Gasteiger charge is -2.22. The summed E-state index contributed by atoms with van der Waals surface area (Å²) in [5.41, 5.74) is 6.44. The fourth-order valence-corrected chi connectivity index (χ4v) is 4.47. The monoisotopic (exact) mass is 440 g/mol. The third-order valence-electron chi connectivity index (χ3n) is 6.08. The standard InChI is InChI=1S/C26H26N4O.C2H6/c1-18-8-7-13-23(28-18)22-12-6-5-11-21(22)19-14-15-25-27-16-24(30(25)17-19)26(31)29-20-9-3-2-4-10-20;1-2/h5-8,11-17,20H,2-4,9-10H2,1H3,(H,29,31);1-2H3. The average molecular weight is 441 g/mol. The van der Waals surface area contributed by atoms with E-state index in [1.165, 1.54) is 19.3 Å². The van der Waals surface area contributed by atoms with Gasteiger partial charge in [-0.1, -0.05) is 63.4 Å². The van der Waals surface area contributed by atoms with E-state index < -0.39 is 0 Å². The Morgan fingerprint density at radius 3 is 2.45 bits per heavy atom. The molecule has 0 saturated heterocycles. The highest BCUT2D eigenvalue weighted by atomic mass is 16.2. The number of nitrogens with zero attached hydrogens (tertiary/aromatic N) is 3. The zero-order valence-electron chi connectivity index (χ0n) is 19.7. The summed E-state index contributed by atoms with van der Waals surface area (Å²) >= 11 is 0. The quantitative estimate of drug-likeness (QED) is 0.396. The number of carbonyl (C=O) groups excluding carboxylic acids is 1. The Kier molecular flexibility index (Phi) is 7.18. The van der Waals surface area contributed by atoms with E-state index in [9.17, 15) is 4.79 Å².